The lowest BCUT2D eigenvalue weighted by Gasteiger charge is -2.25. The van der Waals surface area contributed by atoms with E-state index in [-0.39, 0.29) is 11.9 Å². The van der Waals surface area contributed by atoms with Gasteiger partial charge in [-0.05, 0) is 35.8 Å². The maximum atomic E-state index is 12.1. The summed E-state index contributed by atoms with van der Waals surface area (Å²) in [7, 11) is 0. The molecular weight excluding hydrogens is 291 g/mol. The molecule has 0 saturated carbocycles. The lowest BCUT2D eigenvalue weighted by molar-refractivity contribution is 0.0718. The van der Waals surface area contributed by atoms with Crippen molar-refractivity contribution in [3.05, 3.63) is 28.5 Å². The van der Waals surface area contributed by atoms with Crippen LogP contribution in [0.2, 0.25) is 0 Å². The zero-order chi connectivity index (χ0) is 12.1. The second kappa shape index (κ2) is 6.21. The highest BCUT2D eigenvalue weighted by atomic mass is 79.9. The maximum Gasteiger partial charge on any atom is 0.255 e. The van der Waals surface area contributed by atoms with E-state index in [4.69, 9.17) is 11.6 Å². The van der Waals surface area contributed by atoms with Crippen molar-refractivity contribution < 1.29 is 4.79 Å². The molecular formula is C11H14BrClN2O. The Morgan fingerprint density at radius 1 is 1.56 bits per heavy atom. The zero-order valence-electron chi connectivity index (χ0n) is 9.28. The summed E-state index contributed by atoms with van der Waals surface area (Å²) < 4.78 is 0.799. The largest absolute Gasteiger partial charge is 0.335 e. The van der Waals surface area contributed by atoms with Gasteiger partial charge < -0.3 is 4.90 Å². The van der Waals surface area contributed by atoms with Gasteiger partial charge in [-0.15, -0.1) is 11.6 Å². The fourth-order valence-electron chi connectivity index (χ4n) is 1.38. The van der Waals surface area contributed by atoms with Crippen LogP contribution in [0.1, 0.15) is 24.2 Å². The van der Waals surface area contributed by atoms with Crippen molar-refractivity contribution in [1.29, 1.82) is 0 Å². The molecule has 0 radical (unpaired) electrons. The average molecular weight is 306 g/mol. The van der Waals surface area contributed by atoms with Gasteiger partial charge in [0.25, 0.3) is 5.91 Å². The molecule has 0 unspecified atom stereocenters. The summed E-state index contributed by atoms with van der Waals surface area (Å²) in [4.78, 5) is 17.8. The summed E-state index contributed by atoms with van der Waals surface area (Å²) in [6, 6.07) is 1.89. The Balaban J connectivity index is 2.90. The van der Waals surface area contributed by atoms with Gasteiger partial charge >= 0.3 is 0 Å². The van der Waals surface area contributed by atoms with E-state index in [0.717, 1.165) is 4.47 Å². The second-order valence-electron chi connectivity index (χ2n) is 3.67. The van der Waals surface area contributed by atoms with Crippen LogP contribution < -0.4 is 0 Å². The summed E-state index contributed by atoms with van der Waals surface area (Å²) >= 11 is 8.98. The second-order valence-corrected chi connectivity index (χ2v) is 4.97. The summed E-state index contributed by atoms with van der Waals surface area (Å²) in [6.07, 6.45) is 3.22. The smallest absolute Gasteiger partial charge is 0.255 e. The van der Waals surface area contributed by atoms with Gasteiger partial charge in [0.2, 0.25) is 0 Å². The maximum absolute atomic E-state index is 12.1. The standard InChI is InChI=1S/C11H14BrClN2O/c1-8(2)15(4-3-13)11(16)9-5-10(12)7-14-6-9/h5-8H,3-4H2,1-2H3. The molecule has 1 amide bonds. The molecule has 3 nitrogen and oxygen atoms in total. The molecule has 16 heavy (non-hydrogen) atoms. The van der Waals surface area contributed by atoms with Crippen LogP contribution >= 0.6 is 27.5 Å². The van der Waals surface area contributed by atoms with Crippen LogP contribution in [-0.4, -0.2) is 34.3 Å². The zero-order valence-corrected chi connectivity index (χ0v) is 11.6. The molecule has 1 heterocycles. The molecule has 88 valence electrons. The van der Waals surface area contributed by atoms with E-state index >= 15 is 0 Å². The minimum Gasteiger partial charge on any atom is -0.335 e. The number of hydrogen-bond donors (Lipinski definition) is 0. The number of pyridine rings is 1. The first kappa shape index (κ1) is 13.5. The van der Waals surface area contributed by atoms with Crippen LogP contribution in [0.15, 0.2) is 22.9 Å². The Morgan fingerprint density at radius 3 is 2.75 bits per heavy atom. The highest BCUT2D eigenvalue weighted by Crippen LogP contribution is 2.13. The van der Waals surface area contributed by atoms with Gasteiger partial charge in [-0.25, -0.2) is 0 Å². The van der Waals surface area contributed by atoms with E-state index in [0.29, 0.717) is 18.0 Å². The molecule has 0 spiro atoms. The SMILES string of the molecule is CC(C)N(CCCl)C(=O)c1cncc(Br)c1. The number of halogens is 2. The van der Waals surface area contributed by atoms with Gasteiger partial charge in [-0.1, -0.05) is 0 Å². The van der Waals surface area contributed by atoms with Gasteiger partial charge in [-0.2, -0.15) is 0 Å². The van der Waals surface area contributed by atoms with Crippen LogP contribution in [0, 0.1) is 0 Å². The first-order valence-electron chi connectivity index (χ1n) is 5.03. The van der Waals surface area contributed by atoms with Crippen molar-refractivity contribution in [3.63, 3.8) is 0 Å². The summed E-state index contributed by atoms with van der Waals surface area (Å²) in [5.74, 6) is 0.398. The van der Waals surface area contributed by atoms with E-state index < -0.39 is 0 Å². The number of carbonyl (C=O) groups is 1. The van der Waals surface area contributed by atoms with Gasteiger partial charge in [0, 0.05) is 35.3 Å². The number of amides is 1. The predicted octanol–water partition coefficient (Wildman–Crippen LogP) is 2.93. The minimum absolute atomic E-state index is 0.0375. The normalized spacial score (nSPS) is 10.6. The van der Waals surface area contributed by atoms with Crippen LogP contribution in [0.25, 0.3) is 0 Å². The van der Waals surface area contributed by atoms with Gasteiger partial charge in [0.15, 0.2) is 0 Å². The number of hydrogen-bond acceptors (Lipinski definition) is 2. The van der Waals surface area contributed by atoms with Gasteiger partial charge in [0.1, 0.15) is 0 Å². The molecule has 0 N–H and O–H groups in total. The Bertz CT molecular complexity index is 371. The highest BCUT2D eigenvalue weighted by Gasteiger charge is 2.18. The average Bonchev–Trinajstić information content (AvgIpc) is 2.24. The first-order valence-corrected chi connectivity index (χ1v) is 6.36. The molecule has 0 aliphatic rings. The Kier molecular flexibility index (Phi) is 5.22. The van der Waals surface area contributed by atoms with E-state index in [1.165, 1.54) is 0 Å². The first-order chi connectivity index (χ1) is 7.56. The summed E-state index contributed by atoms with van der Waals surface area (Å²) in [6.45, 7) is 4.48. The molecule has 0 bridgehead atoms. The number of nitrogens with zero attached hydrogens (tertiary/aromatic N) is 2. The van der Waals surface area contributed by atoms with Crippen molar-refractivity contribution in [2.45, 2.75) is 19.9 Å². The Hall–Kier alpha value is -0.610. The fourth-order valence-corrected chi connectivity index (χ4v) is 1.93. The van der Waals surface area contributed by atoms with Crippen molar-refractivity contribution in [2.75, 3.05) is 12.4 Å². The van der Waals surface area contributed by atoms with Crippen molar-refractivity contribution in [3.8, 4) is 0 Å². The number of carbonyl (C=O) groups excluding carboxylic acids is 1. The highest BCUT2D eigenvalue weighted by molar-refractivity contribution is 9.10. The molecule has 1 aromatic heterocycles. The third-order valence-corrected chi connectivity index (χ3v) is 2.76. The third kappa shape index (κ3) is 3.46. The van der Waals surface area contributed by atoms with Crippen molar-refractivity contribution in [1.82, 2.24) is 9.88 Å². The van der Waals surface area contributed by atoms with Gasteiger partial charge in [0.05, 0.1) is 5.56 Å². The van der Waals surface area contributed by atoms with E-state index in [1.54, 1.807) is 23.4 Å². The molecule has 1 aromatic rings. The van der Waals surface area contributed by atoms with E-state index in [2.05, 4.69) is 20.9 Å². The van der Waals surface area contributed by atoms with Gasteiger partial charge in [-0.3, -0.25) is 9.78 Å². The van der Waals surface area contributed by atoms with Crippen LogP contribution in [0.4, 0.5) is 0 Å². The molecule has 0 atom stereocenters. The van der Waals surface area contributed by atoms with Crippen LogP contribution in [0.5, 0.6) is 0 Å². The monoisotopic (exact) mass is 304 g/mol. The minimum atomic E-state index is -0.0375. The molecule has 0 aliphatic carbocycles. The number of rotatable bonds is 4. The molecule has 0 aromatic carbocycles. The predicted molar refractivity (Wildman–Crippen MR) is 68.8 cm³/mol. The third-order valence-electron chi connectivity index (χ3n) is 2.16. The summed E-state index contributed by atoms with van der Waals surface area (Å²) in [5.41, 5.74) is 0.577. The summed E-state index contributed by atoms with van der Waals surface area (Å²) in [5, 5.41) is 0. The molecule has 1 rings (SSSR count). The topological polar surface area (TPSA) is 33.2 Å². The lowest BCUT2D eigenvalue weighted by atomic mass is 10.2. The molecule has 0 aliphatic heterocycles. The molecule has 0 saturated heterocycles. The number of alkyl halides is 1. The van der Waals surface area contributed by atoms with Crippen LogP contribution in [-0.2, 0) is 0 Å². The van der Waals surface area contributed by atoms with E-state index in [1.807, 2.05) is 13.8 Å². The molecule has 5 heteroatoms. The Morgan fingerprint density at radius 2 is 2.25 bits per heavy atom. The number of aromatic nitrogens is 1. The fraction of sp³-hybridized carbons (Fsp3) is 0.455. The van der Waals surface area contributed by atoms with Crippen LogP contribution in [0.3, 0.4) is 0 Å². The van der Waals surface area contributed by atoms with Crippen molar-refractivity contribution >= 4 is 33.4 Å². The van der Waals surface area contributed by atoms with Crippen molar-refractivity contribution in [2.24, 2.45) is 0 Å². The molecule has 0 fully saturated rings. The lowest BCUT2D eigenvalue weighted by Crippen LogP contribution is -2.38. The van der Waals surface area contributed by atoms with E-state index in [9.17, 15) is 4.79 Å². The Labute approximate surface area is 109 Å². The quantitative estimate of drug-likeness (QED) is 0.801.